The Labute approximate surface area is 143 Å². The molecule has 0 fully saturated rings. The molecule has 0 N–H and O–H groups in total. The first-order valence-electron chi connectivity index (χ1n) is 6.59. The molecule has 0 saturated heterocycles. The molecule has 0 aromatic heterocycles. The number of halogens is 1. The Balaban J connectivity index is 0.00000361. The van der Waals surface area contributed by atoms with Crippen LogP contribution < -0.4 is 10.0 Å². The van der Waals surface area contributed by atoms with Gasteiger partial charge < -0.3 is 16.3 Å². The van der Waals surface area contributed by atoms with E-state index in [1.54, 1.807) is 7.11 Å². The molecule has 0 aliphatic carbocycles. The molecule has 0 bridgehead atoms. The van der Waals surface area contributed by atoms with E-state index in [4.69, 9.17) is 16.3 Å². The van der Waals surface area contributed by atoms with Gasteiger partial charge in [0.2, 0.25) is 0 Å². The van der Waals surface area contributed by atoms with E-state index >= 15 is 0 Å². The second-order valence-corrected chi connectivity index (χ2v) is 12.2. The maximum Gasteiger partial charge on any atom is 0.158 e. The minimum atomic E-state index is -1.74. The number of rotatable bonds is 3. The van der Waals surface area contributed by atoms with Gasteiger partial charge in [-0.25, -0.2) is 0 Å². The third-order valence-electron chi connectivity index (χ3n) is 3.73. The summed E-state index contributed by atoms with van der Waals surface area (Å²) in [6.07, 6.45) is 0. The van der Waals surface area contributed by atoms with Crippen LogP contribution >= 0.6 is 18.9 Å². The van der Waals surface area contributed by atoms with Crippen molar-refractivity contribution in [3.8, 4) is 5.75 Å². The zero-order valence-corrected chi connectivity index (χ0v) is 16.6. The topological polar surface area (TPSA) is 9.23 Å². The Hall–Kier alpha value is 0.402. The quantitative estimate of drug-likeness (QED) is 0.376. The molecule has 20 heavy (non-hydrogen) atoms. The Morgan fingerprint density at radius 1 is 1.00 bits per heavy atom. The summed E-state index contributed by atoms with van der Waals surface area (Å²) in [7, 11) is -0.00656. The zero-order valence-electron chi connectivity index (χ0n) is 13.4. The van der Waals surface area contributed by atoms with Crippen molar-refractivity contribution < 1.29 is 25.2 Å². The molecule has 0 spiro atoms. The van der Waals surface area contributed by atoms with Gasteiger partial charge in [-0.2, -0.15) is 0 Å². The summed E-state index contributed by atoms with van der Waals surface area (Å²) in [6.45, 7) is 13.7. The van der Waals surface area contributed by atoms with Gasteiger partial charge in [-0.15, -0.1) is 0 Å². The second kappa shape index (κ2) is 7.11. The molecule has 0 heterocycles. The summed E-state index contributed by atoms with van der Waals surface area (Å²) in [6, 6.07) is 8.28. The van der Waals surface area contributed by atoms with Gasteiger partial charge in [0.25, 0.3) is 0 Å². The molecule has 1 aromatic carbocycles. The van der Waals surface area contributed by atoms with E-state index in [1.807, 2.05) is 17.8 Å². The van der Waals surface area contributed by atoms with Crippen molar-refractivity contribution in [2.75, 3.05) is 7.11 Å². The van der Waals surface area contributed by atoms with Gasteiger partial charge in [0.05, 0.1) is 17.4 Å². The van der Waals surface area contributed by atoms with E-state index in [2.05, 4.69) is 53.7 Å². The van der Waals surface area contributed by atoms with Crippen molar-refractivity contribution in [3.05, 3.63) is 29.9 Å². The van der Waals surface area contributed by atoms with E-state index in [0.29, 0.717) is 0 Å². The van der Waals surface area contributed by atoms with Gasteiger partial charge in [0, 0.05) is 20.4 Å². The molecule has 1 aromatic rings. The first kappa shape index (κ1) is 20.4. The molecule has 0 unspecified atom stereocenters. The zero-order chi connectivity index (χ0) is 14.9. The number of methoxy groups -OCH3 is 1. The van der Waals surface area contributed by atoms with Crippen LogP contribution in [0.5, 0.6) is 5.75 Å². The number of hydrogen-bond donors (Lipinski definition) is 0. The van der Waals surface area contributed by atoms with Gasteiger partial charge in [-0.3, -0.25) is 0 Å². The van der Waals surface area contributed by atoms with Crippen molar-refractivity contribution in [2.24, 2.45) is 0 Å². The van der Waals surface area contributed by atoms with E-state index in [9.17, 15) is 0 Å². The van der Waals surface area contributed by atoms with Crippen LogP contribution in [-0.4, -0.2) is 17.4 Å². The van der Waals surface area contributed by atoms with Crippen LogP contribution in [-0.2, 0) is 20.4 Å². The van der Waals surface area contributed by atoms with Crippen molar-refractivity contribution in [1.82, 2.24) is 0 Å². The van der Waals surface area contributed by atoms with Crippen LogP contribution in [0.2, 0.25) is 0 Å². The SMILES string of the molecule is COc1ccccc1[P+]([CH-]Cl)(C(C)(C)C)C(C)(C)C.[Pd]. The van der Waals surface area contributed by atoms with E-state index in [-0.39, 0.29) is 30.7 Å². The molecule has 1 rings (SSSR count). The molecule has 4 heteroatoms. The molecule has 0 radical (unpaired) electrons. The maximum absolute atomic E-state index is 6.43. The number of benzene rings is 1. The van der Waals surface area contributed by atoms with Gasteiger partial charge in [-0.1, -0.05) is 25.0 Å². The fourth-order valence-corrected chi connectivity index (χ4v) is 10.1. The number of ether oxygens (including phenoxy) is 1. The van der Waals surface area contributed by atoms with Crippen molar-refractivity contribution in [2.45, 2.75) is 51.9 Å². The molecule has 0 saturated carbocycles. The minimum Gasteiger partial charge on any atom is -0.493 e. The van der Waals surface area contributed by atoms with E-state index in [1.165, 1.54) is 5.30 Å². The van der Waals surface area contributed by atoms with Crippen LogP contribution in [0.25, 0.3) is 0 Å². The monoisotopic (exact) mass is 406 g/mol. The fraction of sp³-hybridized carbons (Fsp3) is 0.562. The Morgan fingerprint density at radius 3 is 1.80 bits per heavy atom. The molecule has 0 atom stereocenters. The second-order valence-electron chi connectivity index (χ2n) is 6.83. The molecule has 0 aliphatic rings. The van der Waals surface area contributed by atoms with Gasteiger partial charge in [0.1, 0.15) is 5.30 Å². The Morgan fingerprint density at radius 2 is 1.45 bits per heavy atom. The normalized spacial score (nSPS) is 12.8. The van der Waals surface area contributed by atoms with Crippen LogP contribution in [0, 0.1) is 5.62 Å². The summed E-state index contributed by atoms with van der Waals surface area (Å²) in [5, 5.41) is 1.43. The standard InChI is InChI=1S/C16H26ClOP.Pd/c1-15(2,3)19(12-17,16(4,5)6)14-11-9-8-10-13(14)18-7;/h8-12H,1-7H3;. The summed E-state index contributed by atoms with van der Waals surface area (Å²) in [5.41, 5.74) is 1.94. The summed E-state index contributed by atoms with van der Waals surface area (Å²) in [4.78, 5) is 0. The average molecular weight is 407 g/mol. The van der Waals surface area contributed by atoms with Crippen molar-refractivity contribution >= 4 is 24.2 Å². The van der Waals surface area contributed by atoms with Crippen molar-refractivity contribution in [1.29, 1.82) is 0 Å². The van der Waals surface area contributed by atoms with Crippen LogP contribution in [0.4, 0.5) is 0 Å². The van der Waals surface area contributed by atoms with Crippen LogP contribution in [0.15, 0.2) is 24.3 Å². The van der Waals surface area contributed by atoms with Crippen molar-refractivity contribution in [3.63, 3.8) is 0 Å². The fourth-order valence-electron chi connectivity index (χ4n) is 3.00. The molecule has 0 amide bonds. The summed E-state index contributed by atoms with van der Waals surface area (Å²) < 4.78 is 5.59. The van der Waals surface area contributed by atoms with Gasteiger partial charge >= 0.3 is 0 Å². The molecular weight excluding hydrogens is 381 g/mol. The minimum absolute atomic E-state index is 0. The Bertz CT molecular complexity index is 421. The number of hydrogen-bond acceptors (Lipinski definition) is 1. The molecule has 1 nitrogen and oxygen atoms in total. The third kappa shape index (κ3) is 3.41. The van der Waals surface area contributed by atoms with Crippen LogP contribution in [0.1, 0.15) is 41.5 Å². The molecule has 0 aliphatic heterocycles. The molecular formula is C16H26ClOPPd. The largest absolute Gasteiger partial charge is 0.493 e. The predicted molar refractivity (Wildman–Crippen MR) is 89.2 cm³/mol. The summed E-state index contributed by atoms with van der Waals surface area (Å²) >= 11 is 6.43. The molecule has 118 valence electrons. The first-order valence-corrected chi connectivity index (χ1v) is 8.88. The number of para-hydroxylation sites is 1. The predicted octanol–water partition coefficient (Wildman–Crippen LogP) is 5.29. The van der Waals surface area contributed by atoms with Gasteiger partial charge in [0.15, 0.2) is 5.75 Å². The van der Waals surface area contributed by atoms with E-state index in [0.717, 1.165) is 5.75 Å². The van der Waals surface area contributed by atoms with Crippen LogP contribution in [0.3, 0.4) is 0 Å². The average Bonchev–Trinajstić information content (AvgIpc) is 2.27. The summed E-state index contributed by atoms with van der Waals surface area (Å²) in [5.74, 6) is 0.942. The Kier molecular flexibility index (Phi) is 7.25. The first-order chi connectivity index (χ1) is 8.61. The maximum atomic E-state index is 6.43. The van der Waals surface area contributed by atoms with E-state index < -0.39 is 7.26 Å². The third-order valence-corrected chi connectivity index (χ3v) is 10.3. The van der Waals surface area contributed by atoms with Gasteiger partial charge in [-0.05, 0) is 53.7 Å². The smallest absolute Gasteiger partial charge is 0.158 e.